The molecule has 2 heterocycles. The van der Waals surface area contributed by atoms with Crippen LogP contribution in [-0.4, -0.2) is 25.2 Å². The SMILES string of the molecule is CCOC(=O)c1c(N)sc(Cc2sc(N)c(C(=O)OCC)c2-c2ccccc2Cl)c1-c1ccccc1Cl. The van der Waals surface area contributed by atoms with E-state index in [2.05, 4.69) is 0 Å². The Balaban J connectivity index is 1.96. The van der Waals surface area contributed by atoms with E-state index in [-0.39, 0.29) is 24.3 Å². The van der Waals surface area contributed by atoms with E-state index in [1.807, 2.05) is 36.4 Å². The van der Waals surface area contributed by atoms with Gasteiger partial charge in [0.2, 0.25) is 0 Å². The Morgan fingerprint density at radius 3 is 1.46 bits per heavy atom. The van der Waals surface area contributed by atoms with E-state index < -0.39 is 11.9 Å². The molecule has 6 nitrogen and oxygen atoms in total. The van der Waals surface area contributed by atoms with Crippen molar-refractivity contribution in [1.29, 1.82) is 0 Å². The second-order valence-electron chi connectivity index (χ2n) is 7.86. The fraction of sp³-hybridized carbons (Fsp3) is 0.185. The third-order valence-electron chi connectivity index (χ3n) is 5.58. The fourth-order valence-corrected chi connectivity index (χ4v) is 6.82. The van der Waals surface area contributed by atoms with Crippen LogP contribution < -0.4 is 11.5 Å². The predicted molar refractivity (Wildman–Crippen MR) is 153 cm³/mol. The van der Waals surface area contributed by atoms with Gasteiger partial charge in [-0.15, -0.1) is 22.7 Å². The summed E-state index contributed by atoms with van der Waals surface area (Å²) in [5, 5.41) is 1.57. The Morgan fingerprint density at radius 1 is 0.730 bits per heavy atom. The first-order valence-electron chi connectivity index (χ1n) is 11.4. The van der Waals surface area contributed by atoms with E-state index >= 15 is 0 Å². The zero-order valence-electron chi connectivity index (χ0n) is 20.1. The largest absolute Gasteiger partial charge is 0.462 e. The summed E-state index contributed by atoms with van der Waals surface area (Å²) in [4.78, 5) is 27.5. The van der Waals surface area contributed by atoms with Gasteiger partial charge in [-0.1, -0.05) is 59.6 Å². The summed E-state index contributed by atoms with van der Waals surface area (Å²) in [6, 6.07) is 14.5. The van der Waals surface area contributed by atoms with Crippen molar-refractivity contribution in [3.05, 3.63) is 79.5 Å². The van der Waals surface area contributed by atoms with Gasteiger partial charge < -0.3 is 20.9 Å². The van der Waals surface area contributed by atoms with Gasteiger partial charge in [-0.05, 0) is 26.0 Å². The third kappa shape index (κ3) is 5.33. The number of esters is 2. The minimum absolute atomic E-state index is 0.201. The van der Waals surface area contributed by atoms with Gasteiger partial charge in [-0.25, -0.2) is 9.59 Å². The van der Waals surface area contributed by atoms with E-state index in [9.17, 15) is 9.59 Å². The molecular formula is C27H24Cl2N2O4S2. The second kappa shape index (κ2) is 11.6. The molecule has 37 heavy (non-hydrogen) atoms. The number of carbonyl (C=O) groups is 2. The molecule has 0 amide bonds. The first kappa shape index (κ1) is 27.0. The average molecular weight is 576 g/mol. The maximum absolute atomic E-state index is 13.0. The molecule has 0 atom stereocenters. The molecule has 4 rings (SSSR count). The molecule has 0 bridgehead atoms. The summed E-state index contributed by atoms with van der Waals surface area (Å²) in [6.45, 7) is 3.87. The van der Waals surface area contributed by atoms with Crippen molar-refractivity contribution >= 4 is 67.8 Å². The molecule has 0 aliphatic heterocycles. The van der Waals surface area contributed by atoms with Crippen molar-refractivity contribution in [2.75, 3.05) is 24.7 Å². The summed E-state index contributed by atoms with van der Waals surface area (Å²) >= 11 is 15.7. The maximum atomic E-state index is 13.0. The van der Waals surface area contributed by atoms with Crippen LogP contribution in [0.4, 0.5) is 10.0 Å². The molecule has 0 unspecified atom stereocenters. The highest BCUT2D eigenvalue weighted by molar-refractivity contribution is 7.18. The Labute approximate surface area is 232 Å². The summed E-state index contributed by atoms with van der Waals surface area (Å²) in [6.07, 6.45) is 0.323. The number of nitrogens with two attached hydrogens (primary N) is 2. The zero-order valence-corrected chi connectivity index (χ0v) is 23.2. The van der Waals surface area contributed by atoms with Gasteiger partial charge in [-0.3, -0.25) is 0 Å². The third-order valence-corrected chi connectivity index (χ3v) is 8.28. The van der Waals surface area contributed by atoms with E-state index in [0.29, 0.717) is 48.7 Å². The van der Waals surface area contributed by atoms with Crippen LogP contribution in [0, 0.1) is 0 Å². The van der Waals surface area contributed by atoms with Crippen LogP contribution in [0.15, 0.2) is 48.5 Å². The van der Waals surface area contributed by atoms with Gasteiger partial charge in [-0.2, -0.15) is 0 Å². The standard InChI is InChI=1S/C27H24Cl2N2O4S2/c1-3-34-26(32)22-20(14-9-5-7-11-16(14)28)18(36-24(22)30)13-19-21(15-10-6-8-12-17(15)29)23(25(31)37-19)27(33)35-4-2/h5-12H,3-4,13,30-31H2,1-2H3. The minimum Gasteiger partial charge on any atom is -0.462 e. The molecule has 0 spiro atoms. The number of hydrogen-bond acceptors (Lipinski definition) is 8. The molecule has 0 saturated heterocycles. The van der Waals surface area contributed by atoms with E-state index in [1.54, 1.807) is 26.0 Å². The summed E-state index contributed by atoms with van der Waals surface area (Å²) in [5.41, 5.74) is 15.8. The first-order valence-corrected chi connectivity index (χ1v) is 13.8. The number of ether oxygens (including phenoxy) is 2. The van der Waals surface area contributed by atoms with Crippen molar-refractivity contribution < 1.29 is 19.1 Å². The lowest BCUT2D eigenvalue weighted by atomic mass is 9.96. The topological polar surface area (TPSA) is 105 Å². The molecular weight excluding hydrogens is 551 g/mol. The van der Waals surface area contributed by atoms with Crippen LogP contribution in [-0.2, 0) is 15.9 Å². The van der Waals surface area contributed by atoms with Crippen LogP contribution >= 0.6 is 45.9 Å². The number of halogens is 2. The van der Waals surface area contributed by atoms with Crippen molar-refractivity contribution in [1.82, 2.24) is 0 Å². The molecule has 2 aromatic heterocycles. The van der Waals surface area contributed by atoms with Crippen LogP contribution in [0.25, 0.3) is 22.3 Å². The minimum atomic E-state index is -0.526. The Morgan fingerprint density at radius 2 is 1.11 bits per heavy atom. The molecule has 2 aromatic carbocycles. The average Bonchev–Trinajstić information content (AvgIpc) is 3.35. The lowest BCUT2D eigenvalue weighted by Crippen LogP contribution is -2.08. The van der Waals surface area contributed by atoms with Gasteiger partial charge in [0.15, 0.2) is 0 Å². The number of rotatable bonds is 8. The van der Waals surface area contributed by atoms with E-state index in [0.717, 1.165) is 9.75 Å². The van der Waals surface area contributed by atoms with E-state index in [1.165, 1.54) is 22.7 Å². The number of anilines is 2. The van der Waals surface area contributed by atoms with Gasteiger partial charge in [0, 0.05) is 48.5 Å². The van der Waals surface area contributed by atoms with Crippen molar-refractivity contribution in [3.8, 4) is 22.3 Å². The first-order chi connectivity index (χ1) is 17.8. The zero-order chi connectivity index (χ0) is 26.7. The molecule has 10 heteroatoms. The maximum Gasteiger partial charge on any atom is 0.341 e. The highest BCUT2D eigenvalue weighted by Crippen LogP contribution is 2.47. The number of thiophene rings is 2. The van der Waals surface area contributed by atoms with Crippen LogP contribution in [0.1, 0.15) is 44.3 Å². The van der Waals surface area contributed by atoms with Crippen LogP contribution in [0.5, 0.6) is 0 Å². The van der Waals surface area contributed by atoms with Crippen molar-refractivity contribution in [2.45, 2.75) is 20.3 Å². The van der Waals surface area contributed by atoms with Gasteiger partial charge in [0.1, 0.15) is 21.1 Å². The predicted octanol–water partition coefficient (Wildman–Crippen LogP) is 7.56. The number of carbonyl (C=O) groups excluding carboxylic acids is 2. The van der Waals surface area contributed by atoms with E-state index in [4.69, 9.17) is 44.1 Å². The van der Waals surface area contributed by atoms with Crippen LogP contribution in [0.3, 0.4) is 0 Å². The van der Waals surface area contributed by atoms with Gasteiger partial charge >= 0.3 is 11.9 Å². The molecule has 0 fully saturated rings. The molecule has 192 valence electrons. The Bertz CT molecular complexity index is 1370. The van der Waals surface area contributed by atoms with Gasteiger partial charge in [0.25, 0.3) is 0 Å². The molecule has 0 saturated carbocycles. The van der Waals surface area contributed by atoms with Crippen LogP contribution in [0.2, 0.25) is 10.0 Å². The Kier molecular flexibility index (Phi) is 8.44. The highest BCUT2D eigenvalue weighted by Gasteiger charge is 2.30. The van der Waals surface area contributed by atoms with Crippen molar-refractivity contribution in [2.24, 2.45) is 0 Å². The molecule has 0 radical (unpaired) electrons. The smallest absolute Gasteiger partial charge is 0.341 e. The highest BCUT2D eigenvalue weighted by atomic mass is 35.5. The van der Waals surface area contributed by atoms with Gasteiger partial charge in [0.05, 0.1) is 13.2 Å². The molecule has 0 aliphatic carbocycles. The Hall–Kier alpha value is -3.04. The summed E-state index contributed by atoms with van der Waals surface area (Å²) in [7, 11) is 0. The number of nitrogen functional groups attached to an aromatic ring is 2. The lowest BCUT2D eigenvalue weighted by Gasteiger charge is -2.12. The normalized spacial score (nSPS) is 10.9. The lowest BCUT2D eigenvalue weighted by molar-refractivity contribution is 0.0519. The molecule has 4 aromatic rings. The number of benzene rings is 2. The quantitative estimate of drug-likeness (QED) is 0.210. The summed E-state index contributed by atoms with van der Waals surface area (Å²) in [5.74, 6) is -1.05. The second-order valence-corrected chi connectivity index (χ2v) is 10.9. The van der Waals surface area contributed by atoms with Crippen molar-refractivity contribution in [3.63, 3.8) is 0 Å². The number of hydrogen-bond donors (Lipinski definition) is 2. The molecule has 4 N–H and O–H groups in total. The fourth-order valence-electron chi connectivity index (χ4n) is 4.10. The monoisotopic (exact) mass is 574 g/mol. The summed E-state index contributed by atoms with van der Waals surface area (Å²) < 4.78 is 10.6. The molecule has 0 aliphatic rings.